The number of nitrogens with two attached hydrogens (primary N) is 1. The summed E-state index contributed by atoms with van der Waals surface area (Å²) in [5.74, 6) is 0. The highest BCUT2D eigenvalue weighted by Crippen LogP contribution is 2.18. The third kappa shape index (κ3) is 2.93. The van der Waals surface area contributed by atoms with E-state index < -0.39 is 5.54 Å². The van der Waals surface area contributed by atoms with Gasteiger partial charge in [0.1, 0.15) is 0 Å². The molecule has 17 heavy (non-hydrogen) atoms. The Kier molecular flexibility index (Phi) is 3.26. The molecule has 2 rings (SSSR count). The molecular weight excluding hydrogens is 214 g/mol. The van der Waals surface area contributed by atoms with Crippen LogP contribution in [0.4, 0.5) is 0 Å². The van der Waals surface area contributed by atoms with Crippen LogP contribution in [0, 0.1) is 0 Å². The predicted molar refractivity (Wildman–Crippen MR) is 67.3 cm³/mol. The van der Waals surface area contributed by atoms with Gasteiger partial charge < -0.3 is 10.8 Å². The average molecular weight is 231 g/mol. The Bertz CT molecular complexity index is 476. The number of aliphatic hydroxyl groups is 1. The molecular formula is C13H17N3O. The van der Waals surface area contributed by atoms with E-state index in [1.807, 2.05) is 42.7 Å². The van der Waals surface area contributed by atoms with E-state index in [9.17, 15) is 0 Å². The largest absolute Gasteiger partial charge is 0.394 e. The van der Waals surface area contributed by atoms with Gasteiger partial charge in [0.2, 0.25) is 0 Å². The van der Waals surface area contributed by atoms with Crippen LogP contribution in [0.15, 0.2) is 42.7 Å². The minimum Gasteiger partial charge on any atom is -0.394 e. The molecule has 1 unspecified atom stereocenters. The van der Waals surface area contributed by atoms with Crippen LogP contribution in [0.1, 0.15) is 6.92 Å². The van der Waals surface area contributed by atoms with Gasteiger partial charge in [0, 0.05) is 11.8 Å². The van der Waals surface area contributed by atoms with Crippen molar-refractivity contribution in [2.45, 2.75) is 19.0 Å². The molecule has 1 heterocycles. The van der Waals surface area contributed by atoms with Crippen molar-refractivity contribution < 1.29 is 5.11 Å². The highest BCUT2D eigenvalue weighted by Gasteiger charge is 2.18. The number of benzene rings is 1. The van der Waals surface area contributed by atoms with Crippen LogP contribution < -0.4 is 5.73 Å². The zero-order chi connectivity index (χ0) is 12.3. The van der Waals surface area contributed by atoms with Crippen LogP contribution in [0.3, 0.4) is 0 Å². The Labute approximate surface area is 101 Å². The Balaban J connectivity index is 2.17. The van der Waals surface area contributed by atoms with Crippen molar-refractivity contribution in [1.82, 2.24) is 9.78 Å². The summed E-state index contributed by atoms with van der Waals surface area (Å²) in [7, 11) is 0. The minimum absolute atomic E-state index is 0.0620. The fraction of sp³-hybridized carbons (Fsp3) is 0.308. The van der Waals surface area contributed by atoms with Crippen molar-refractivity contribution in [3.63, 3.8) is 0 Å². The lowest BCUT2D eigenvalue weighted by Gasteiger charge is -2.21. The first-order valence-corrected chi connectivity index (χ1v) is 5.58. The lowest BCUT2D eigenvalue weighted by atomic mass is 10.1. The van der Waals surface area contributed by atoms with Crippen molar-refractivity contribution in [3.8, 4) is 11.1 Å². The van der Waals surface area contributed by atoms with Crippen LogP contribution in [0.25, 0.3) is 11.1 Å². The summed E-state index contributed by atoms with van der Waals surface area (Å²) in [5, 5.41) is 13.4. The number of rotatable bonds is 4. The molecule has 1 atom stereocenters. The number of hydrogen-bond donors (Lipinski definition) is 2. The Hall–Kier alpha value is -1.65. The van der Waals surface area contributed by atoms with Gasteiger partial charge in [0.15, 0.2) is 0 Å². The van der Waals surface area contributed by atoms with Gasteiger partial charge in [-0.05, 0) is 12.5 Å². The van der Waals surface area contributed by atoms with Crippen molar-refractivity contribution >= 4 is 0 Å². The van der Waals surface area contributed by atoms with Gasteiger partial charge in [0.25, 0.3) is 0 Å². The Morgan fingerprint density at radius 3 is 2.65 bits per heavy atom. The second-order valence-electron chi connectivity index (χ2n) is 4.60. The second-order valence-corrected chi connectivity index (χ2v) is 4.60. The number of hydrogen-bond acceptors (Lipinski definition) is 3. The van der Waals surface area contributed by atoms with E-state index in [1.54, 1.807) is 11.6 Å². The van der Waals surface area contributed by atoms with Crippen molar-refractivity contribution in [2.75, 3.05) is 6.61 Å². The molecule has 0 spiro atoms. The maximum Gasteiger partial charge on any atom is 0.0626 e. The first kappa shape index (κ1) is 11.8. The normalized spacial score (nSPS) is 14.5. The number of aliphatic hydroxyl groups excluding tert-OH is 1. The van der Waals surface area contributed by atoms with Gasteiger partial charge in [-0.2, -0.15) is 5.10 Å². The van der Waals surface area contributed by atoms with E-state index in [0.717, 1.165) is 11.1 Å². The van der Waals surface area contributed by atoms with E-state index in [-0.39, 0.29) is 6.61 Å². The van der Waals surface area contributed by atoms with Gasteiger partial charge in [-0.1, -0.05) is 30.3 Å². The standard InChI is InChI=1S/C13H17N3O/c1-13(14,10-17)9-16-8-12(7-15-16)11-5-3-2-4-6-11/h2-8,17H,9-10,14H2,1H3. The summed E-state index contributed by atoms with van der Waals surface area (Å²) in [5.41, 5.74) is 7.43. The summed E-state index contributed by atoms with van der Waals surface area (Å²) in [4.78, 5) is 0. The zero-order valence-electron chi connectivity index (χ0n) is 9.87. The molecule has 0 aliphatic rings. The second kappa shape index (κ2) is 4.69. The third-order valence-electron chi connectivity index (χ3n) is 2.62. The molecule has 3 N–H and O–H groups in total. The average Bonchev–Trinajstić information content (AvgIpc) is 2.78. The van der Waals surface area contributed by atoms with Crippen LogP contribution in [-0.4, -0.2) is 27.0 Å². The highest BCUT2D eigenvalue weighted by atomic mass is 16.3. The molecule has 1 aromatic carbocycles. The third-order valence-corrected chi connectivity index (χ3v) is 2.62. The van der Waals surface area contributed by atoms with E-state index in [1.165, 1.54) is 0 Å². The lowest BCUT2D eigenvalue weighted by Crippen LogP contribution is -2.44. The van der Waals surface area contributed by atoms with Gasteiger partial charge in [-0.25, -0.2) is 0 Å². The summed E-state index contributed by atoms with van der Waals surface area (Å²) in [6, 6.07) is 10.0. The Morgan fingerprint density at radius 2 is 2.00 bits per heavy atom. The van der Waals surface area contributed by atoms with Gasteiger partial charge in [-0.15, -0.1) is 0 Å². The molecule has 0 radical (unpaired) electrons. The molecule has 0 aliphatic heterocycles. The summed E-state index contributed by atoms with van der Waals surface area (Å²) in [6.07, 6.45) is 3.75. The monoisotopic (exact) mass is 231 g/mol. The molecule has 0 saturated heterocycles. The topological polar surface area (TPSA) is 64.1 Å². The molecule has 1 aromatic heterocycles. The Morgan fingerprint density at radius 1 is 1.29 bits per heavy atom. The minimum atomic E-state index is -0.639. The summed E-state index contributed by atoms with van der Waals surface area (Å²) >= 11 is 0. The molecule has 0 fully saturated rings. The van der Waals surface area contributed by atoms with Crippen molar-refractivity contribution in [3.05, 3.63) is 42.7 Å². The van der Waals surface area contributed by atoms with Crippen molar-refractivity contribution in [2.24, 2.45) is 5.73 Å². The SMILES string of the molecule is CC(N)(CO)Cn1cc(-c2ccccc2)cn1. The van der Waals surface area contributed by atoms with Gasteiger partial charge in [0.05, 0.1) is 24.9 Å². The predicted octanol–water partition coefficient (Wildman–Crippen LogP) is 1.26. The van der Waals surface area contributed by atoms with E-state index in [0.29, 0.717) is 6.54 Å². The fourth-order valence-corrected chi connectivity index (χ4v) is 1.65. The zero-order valence-corrected chi connectivity index (χ0v) is 9.87. The smallest absolute Gasteiger partial charge is 0.0626 e. The summed E-state index contributed by atoms with van der Waals surface area (Å²) < 4.78 is 1.76. The number of aromatic nitrogens is 2. The van der Waals surface area contributed by atoms with Crippen LogP contribution >= 0.6 is 0 Å². The lowest BCUT2D eigenvalue weighted by molar-refractivity contribution is 0.188. The summed E-state index contributed by atoms with van der Waals surface area (Å²) in [6.45, 7) is 2.24. The molecule has 0 bridgehead atoms. The van der Waals surface area contributed by atoms with Crippen molar-refractivity contribution in [1.29, 1.82) is 0 Å². The van der Waals surface area contributed by atoms with Crippen LogP contribution in [0.2, 0.25) is 0 Å². The van der Waals surface area contributed by atoms with Gasteiger partial charge in [-0.3, -0.25) is 4.68 Å². The quantitative estimate of drug-likeness (QED) is 0.832. The molecule has 0 amide bonds. The van der Waals surface area contributed by atoms with E-state index >= 15 is 0 Å². The maximum atomic E-state index is 9.11. The highest BCUT2D eigenvalue weighted by molar-refractivity contribution is 5.61. The molecule has 4 nitrogen and oxygen atoms in total. The molecule has 90 valence electrons. The van der Waals surface area contributed by atoms with Crippen LogP contribution in [-0.2, 0) is 6.54 Å². The molecule has 4 heteroatoms. The first-order valence-electron chi connectivity index (χ1n) is 5.58. The van der Waals surface area contributed by atoms with E-state index in [4.69, 9.17) is 10.8 Å². The first-order chi connectivity index (χ1) is 8.11. The maximum absolute atomic E-state index is 9.11. The molecule has 2 aromatic rings. The molecule has 0 saturated carbocycles. The molecule has 0 aliphatic carbocycles. The fourth-order valence-electron chi connectivity index (χ4n) is 1.65. The van der Waals surface area contributed by atoms with Gasteiger partial charge >= 0.3 is 0 Å². The van der Waals surface area contributed by atoms with Crippen LogP contribution in [0.5, 0.6) is 0 Å². The van der Waals surface area contributed by atoms with E-state index in [2.05, 4.69) is 5.10 Å². The number of nitrogens with zero attached hydrogens (tertiary/aromatic N) is 2.